The molecule has 1 aromatic rings. The summed E-state index contributed by atoms with van der Waals surface area (Å²) in [7, 11) is 1.70. The molecular formula is C8H10BrNO2. The van der Waals surface area contributed by atoms with Crippen LogP contribution < -0.4 is 10.3 Å². The van der Waals surface area contributed by atoms with Gasteiger partial charge in [-0.3, -0.25) is 4.79 Å². The Hall–Kier alpha value is -0.770. The Morgan fingerprint density at radius 3 is 2.92 bits per heavy atom. The maximum Gasteiger partial charge on any atom is 0.254 e. The van der Waals surface area contributed by atoms with E-state index in [1.807, 2.05) is 6.92 Å². The minimum absolute atomic E-state index is 0.0679. The molecule has 0 atom stereocenters. The zero-order chi connectivity index (χ0) is 9.14. The van der Waals surface area contributed by atoms with Gasteiger partial charge in [0.1, 0.15) is 5.75 Å². The molecule has 0 fully saturated rings. The van der Waals surface area contributed by atoms with Crippen molar-refractivity contribution < 1.29 is 4.74 Å². The number of nitrogens with zero attached hydrogens (tertiary/aromatic N) is 1. The van der Waals surface area contributed by atoms with Crippen molar-refractivity contribution in [2.45, 2.75) is 6.92 Å². The van der Waals surface area contributed by atoms with Crippen molar-refractivity contribution in [3.63, 3.8) is 0 Å². The van der Waals surface area contributed by atoms with Crippen LogP contribution in [-0.4, -0.2) is 11.2 Å². The molecule has 0 unspecified atom stereocenters. The summed E-state index contributed by atoms with van der Waals surface area (Å²) >= 11 is 3.30. The molecule has 12 heavy (non-hydrogen) atoms. The first-order valence-electron chi connectivity index (χ1n) is 3.64. The van der Waals surface area contributed by atoms with Crippen LogP contribution in [0.1, 0.15) is 6.92 Å². The van der Waals surface area contributed by atoms with Crippen LogP contribution in [0.25, 0.3) is 0 Å². The fourth-order valence-electron chi connectivity index (χ4n) is 0.846. The van der Waals surface area contributed by atoms with Gasteiger partial charge in [-0.2, -0.15) is 0 Å². The number of ether oxygens (including phenoxy) is 1. The highest BCUT2D eigenvalue weighted by atomic mass is 79.9. The quantitative estimate of drug-likeness (QED) is 0.774. The molecule has 0 bridgehead atoms. The van der Waals surface area contributed by atoms with Crippen molar-refractivity contribution in [2.75, 3.05) is 6.61 Å². The Bertz CT molecular complexity index is 332. The zero-order valence-corrected chi connectivity index (χ0v) is 8.59. The number of aryl methyl sites for hydroxylation is 1. The monoisotopic (exact) mass is 231 g/mol. The summed E-state index contributed by atoms with van der Waals surface area (Å²) in [4.78, 5) is 11.1. The van der Waals surface area contributed by atoms with Crippen LogP contribution in [0, 0.1) is 0 Å². The minimum Gasteiger partial charge on any atom is -0.492 e. The van der Waals surface area contributed by atoms with E-state index >= 15 is 0 Å². The normalized spacial score (nSPS) is 9.92. The Balaban J connectivity index is 3.14. The predicted molar refractivity (Wildman–Crippen MR) is 50.6 cm³/mol. The summed E-state index contributed by atoms with van der Waals surface area (Å²) in [5.74, 6) is 0.598. The molecule has 0 amide bonds. The van der Waals surface area contributed by atoms with Crippen molar-refractivity contribution in [2.24, 2.45) is 7.05 Å². The molecule has 0 spiro atoms. The smallest absolute Gasteiger partial charge is 0.254 e. The van der Waals surface area contributed by atoms with Gasteiger partial charge in [0.15, 0.2) is 0 Å². The molecule has 0 aliphatic rings. The minimum atomic E-state index is -0.0679. The molecule has 0 aliphatic carbocycles. The third kappa shape index (κ3) is 1.88. The predicted octanol–water partition coefficient (Wildman–Crippen LogP) is 1.55. The van der Waals surface area contributed by atoms with Crippen LogP contribution in [-0.2, 0) is 7.05 Å². The summed E-state index contributed by atoms with van der Waals surface area (Å²) in [6.07, 6.45) is 1.69. The molecule has 0 saturated carbocycles. The van der Waals surface area contributed by atoms with Gasteiger partial charge >= 0.3 is 0 Å². The van der Waals surface area contributed by atoms with Gasteiger partial charge in [-0.1, -0.05) is 0 Å². The highest BCUT2D eigenvalue weighted by Crippen LogP contribution is 2.21. The molecule has 0 radical (unpaired) electrons. The molecule has 0 aromatic carbocycles. The van der Waals surface area contributed by atoms with E-state index in [1.165, 1.54) is 10.6 Å². The number of pyridine rings is 1. The maximum absolute atomic E-state index is 11.1. The summed E-state index contributed by atoms with van der Waals surface area (Å²) in [6, 6.07) is 1.47. The fourth-order valence-corrected chi connectivity index (χ4v) is 1.38. The largest absolute Gasteiger partial charge is 0.492 e. The first-order chi connectivity index (χ1) is 5.65. The second-order valence-corrected chi connectivity index (χ2v) is 3.22. The summed E-state index contributed by atoms with van der Waals surface area (Å²) in [5, 5.41) is 0. The van der Waals surface area contributed by atoms with E-state index in [2.05, 4.69) is 15.9 Å². The molecule has 0 saturated heterocycles. The van der Waals surface area contributed by atoms with Crippen LogP contribution in [0.15, 0.2) is 21.5 Å². The van der Waals surface area contributed by atoms with Gasteiger partial charge in [-0.05, 0) is 22.9 Å². The van der Waals surface area contributed by atoms with E-state index in [9.17, 15) is 4.79 Å². The second-order valence-electron chi connectivity index (χ2n) is 2.37. The van der Waals surface area contributed by atoms with E-state index in [1.54, 1.807) is 13.2 Å². The standard InChI is InChI=1S/C8H10BrNO2/c1-3-12-7-4-8(11)10(2)5-6(7)9/h4-5H,3H2,1-2H3. The van der Waals surface area contributed by atoms with Crippen molar-refractivity contribution in [1.29, 1.82) is 0 Å². The molecule has 1 aromatic heterocycles. The number of aromatic nitrogens is 1. The Morgan fingerprint density at radius 2 is 2.33 bits per heavy atom. The summed E-state index contributed by atoms with van der Waals surface area (Å²) in [5.41, 5.74) is -0.0679. The molecule has 3 nitrogen and oxygen atoms in total. The lowest BCUT2D eigenvalue weighted by Crippen LogP contribution is -2.15. The van der Waals surface area contributed by atoms with Crippen LogP contribution in [0.5, 0.6) is 5.75 Å². The summed E-state index contributed by atoms with van der Waals surface area (Å²) in [6.45, 7) is 2.44. The van der Waals surface area contributed by atoms with Crippen molar-refractivity contribution in [1.82, 2.24) is 4.57 Å². The lowest BCUT2D eigenvalue weighted by atomic mass is 10.4. The van der Waals surface area contributed by atoms with Gasteiger partial charge in [0.25, 0.3) is 5.56 Å². The van der Waals surface area contributed by atoms with Crippen molar-refractivity contribution >= 4 is 15.9 Å². The van der Waals surface area contributed by atoms with Crippen LogP contribution in [0.3, 0.4) is 0 Å². The molecular weight excluding hydrogens is 222 g/mol. The highest BCUT2D eigenvalue weighted by Gasteiger charge is 2.02. The third-order valence-corrected chi connectivity index (χ3v) is 2.04. The SMILES string of the molecule is CCOc1cc(=O)n(C)cc1Br. The summed E-state index contributed by atoms with van der Waals surface area (Å²) < 4.78 is 7.50. The molecule has 4 heteroatoms. The Morgan fingerprint density at radius 1 is 1.67 bits per heavy atom. The van der Waals surface area contributed by atoms with Gasteiger partial charge in [-0.25, -0.2) is 0 Å². The van der Waals surface area contributed by atoms with Gasteiger partial charge in [-0.15, -0.1) is 0 Å². The molecule has 0 N–H and O–H groups in total. The number of hydrogen-bond donors (Lipinski definition) is 0. The number of halogens is 1. The topological polar surface area (TPSA) is 31.2 Å². The van der Waals surface area contributed by atoms with Crippen LogP contribution in [0.2, 0.25) is 0 Å². The molecule has 0 aliphatic heterocycles. The lowest BCUT2D eigenvalue weighted by Gasteiger charge is -2.05. The first kappa shape index (κ1) is 9.32. The number of hydrogen-bond acceptors (Lipinski definition) is 2. The Kier molecular flexibility index (Phi) is 2.92. The first-order valence-corrected chi connectivity index (χ1v) is 4.43. The van der Waals surface area contributed by atoms with E-state index in [4.69, 9.17) is 4.74 Å². The van der Waals surface area contributed by atoms with Crippen molar-refractivity contribution in [3.05, 3.63) is 27.1 Å². The number of rotatable bonds is 2. The van der Waals surface area contributed by atoms with Gasteiger partial charge in [0.05, 0.1) is 11.1 Å². The zero-order valence-electron chi connectivity index (χ0n) is 7.00. The van der Waals surface area contributed by atoms with E-state index < -0.39 is 0 Å². The maximum atomic E-state index is 11.1. The Labute approximate surface area is 79.1 Å². The van der Waals surface area contributed by atoms with E-state index in [-0.39, 0.29) is 5.56 Å². The van der Waals surface area contributed by atoms with Crippen LogP contribution in [0.4, 0.5) is 0 Å². The molecule has 1 rings (SSSR count). The van der Waals surface area contributed by atoms with E-state index in [0.29, 0.717) is 12.4 Å². The highest BCUT2D eigenvalue weighted by molar-refractivity contribution is 9.10. The lowest BCUT2D eigenvalue weighted by molar-refractivity contribution is 0.336. The second kappa shape index (κ2) is 3.76. The van der Waals surface area contributed by atoms with Gasteiger partial charge < -0.3 is 9.30 Å². The van der Waals surface area contributed by atoms with Crippen molar-refractivity contribution in [3.8, 4) is 5.75 Å². The molecule has 1 heterocycles. The third-order valence-electron chi connectivity index (χ3n) is 1.44. The average Bonchev–Trinajstić information content (AvgIpc) is 2.01. The van der Waals surface area contributed by atoms with Crippen LogP contribution >= 0.6 is 15.9 Å². The van der Waals surface area contributed by atoms with Gasteiger partial charge in [0, 0.05) is 19.3 Å². The van der Waals surface area contributed by atoms with E-state index in [0.717, 1.165) is 4.47 Å². The molecule has 66 valence electrons. The fraction of sp³-hybridized carbons (Fsp3) is 0.375. The van der Waals surface area contributed by atoms with Gasteiger partial charge in [0.2, 0.25) is 0 Å². The average molecular weight is 232 g/mol.